The summed E-state index contributed by atoms with van der Waals surface area (Å²) in [5.41, 5.74) is 1.91. The molecule has 1 aromatic carbocycles. The van der Waals surface area contributed by atoms with E-state index in [1.807, 2.05) is 13.8 Å². The fraction of sp³-hybridized carbons (Fsp3) is 0.474. The lowest BCUT2D eigenvalue weighted by molar-refractivity contribution is 0.0922. The number of sulfonamides is 1. The van der Waals surface area contributed by atoms with Gasteiger partial charge in [0.1, 0.15) is 5.82 Å². The number of amides is 1. The van der Waals surface area contributed by atoms with E-state index in [0.29, 0.717) is 37.2 Å². The number of hydrogen-bond acceptors (Lipinski definition) is 4. The van der Waals surface area contributed by atoms with Crippen LogP contribution < -0.4 is 5.32 Å². The average molecular weight is 408 g/mol. The summed E-state index contributed by atoms with van der Waals surface area (Å²) in [6.45, 7) is 4.74. The molecule has 1 aromatic heterocycles. The van der Waals surface area contributed by atoms with Crippen LogP contribution in [0.2, 0.25) is 0 Å². The van der Waals surface area contributed by atoms with Crippen LogP contribution in [0.5, 0.6) is 0 Å². The Kier molecular flexibility index (Phi) is 5.85. The zero-order valence-corrected chi connectivity index (χ0v) is 17.0. The minimum Gasteiger partial charge on any atom is -0.349 e. The molecule has 1 aliphatic rings. The lowest BCUT2D eigenvalue weighted by Crippen LogP contribution is -2.46. The first kappa shape index (κ1) is 20.5. The highest BCUT2D eigenvalue weighted by atomic mass is 32.2. The summed E-state index contributed by atoms with van der Waals surface area (Å²) in [6, 6.07) is 5.88. The van der Waals surface area contributed by atoms with Gasteiger partial charge < -0.3 is 5.32 Å². The Hall–Kier alpha value is -2.26. The van der Waals surface area contributed by atoms with E-state index in [4.69, 9.17) is 0 Å². The average Bonchev–Trinajstić information content (AvgIpc) is 3.07. The number of nitrogens with one attached hydrogen (secondary N) is 1. The van der Waals surface area contributed by atoms with Gasteiger partial charge in [0.2, 0.25) is 10.0 Å². The number of aromatic nitrogens is 2. The normalized spacial score (nSPS) is 16.5. The first-order chi connectivity index (χ1) is 13.2. The second-order valence-corrected chi connectivity index (χ2v) is 9.38. The fourth-order valence-corrected chi connectivity index (χ4v) is 4.35. The van der Waals surface area contributed by atoms with Crippen molar-refractivity contribution in [2.75, 3.05) is 19.3 Å². The summed E-state index contributed by atoms with van der Waals surface area (Å²) in [6.07, 6.45) is 3.87. The molecule has 9 heteroatoms. The number of halogens is 1. The van der Waals surface area contributed by atoms with E-state index in [-0.39, 0.29) is 23.7 Å². The van der Waals surface area contributed by atoms with Gasteiger partial charge in [-0.15, -0.1) is 0 Å². The maximum atomic E-state index is 13.2. The van der Waals surface area contributed by atoms with Crippen molar-refractivity contribution in [2.24, 2.45) is 0 Å². The Bertz CT molecular complexity index is 946. The van der Waals surface area contributed by atoms with Crippen LogP contribution in [0.1, 0.15) is 48.7 Å². The van der Waals surface area contributed by atoms with Gasteiger partial charge in [0.05, 0.1) is 29.4 Å². The third-order valence-corrected chi connectivity index (χ3v) is 6.23. The van der Waals surface area contributed by atoms with Gasteiger partial charge in [-0.2, -0.15) is 5.10 Å². The molecule has 7 nitrogen and oxygen atoms in total. The molecular weight excluding hydrogens is 383 g/mol. The van der Waals surface area contributed by atoms with Crippen LogP contribution in [0.25, 0.3) is 5.69 Å². The van der Waals surface area contributed by atoms with E-state index < -0.39 is 10.0 Å². The van der Waals surface area contributed by atoms with Gasteiger partial charge in [-0.1, -0.05) is 13.8 Å². The number of nitrogens with zero attached hydrogens (tertiary/aromatic N) is 3. The van der Waals surface area contributed by atoms with Crippen LogP contribution in [-0.4, -0.2) is 53.8 Å². The number of benzene rings is 1. The van der Waals surface area contributed by atoms with Gasteiger partial charge >= 0.3 is 0 Å². The Morgan fingerprint density at radius 1 is 1.21 bits per heavy atom. The zero-order chi connectivity index (χ0) is 20.5. The molecule has 0 bridgehead atoms. The summed E-state index contributed by atoms with van der Waals surface area (Å²) >= 11 is 0. The Balaban J connectivity index is 1.76. The molecule has 2 aromatic rings. The van der Waals surface area contributed by atoms with Gasteiger partial charge in [0.15, 0.2) is 0 Å². The van der Waals surface area contributed by atoms with Crippen LogP contribution in [0, 0.1) is 5.82 Å². The predicted octanol–water partition coefficient (Wildman–Crippen LogP) is 2.29. The van der Waals surface area contributed by atoms with Crippen LogP contribution >= 0.6 is 0 Å². The molecule has 0 unspecified atom stereocenters. The second kappa shape index (κ2) is 8.00. The highest BCUT2D eigenvalue weighted by Gasteiger charge is 2.28. The first-order valence-corrected chi connectivity index (χ1v) is 11.1. The van der Waals surface area contributed by atoms with E-state index in [0.717, 1.165) is 5.69 Å². The minimum absolute atomic E-state index is 0.0281. The van der Waals surface area contributed by atoms with Gasteiger partial charge in [-0.3, -0.25) is 4.79 Å². The number of hydrogen-bond donors (Lipinski definition) is 1. The summed E-state index contributed by atoms with van der Waals surface area (Å²) in [5, 5.41) is 7.34. The predicted molar refractivity (Wildman–Crippen MR) is 105 cm³/mol. The molecule has 1 fully saturated rings. The summed E-state index contributed by atoms with van der Waals surface area (Å²) < 4.78 is 39.5. The Morgan fingerprint density at radius 3 is 2.36 bits per heavy atom. The first-order valence-electron chi connectivity index (χ1n) is 9.26. The fourth-order valence-electron chi connectivity index (χ4n) is 3.47. The highest BCUT2D eigenvalue weighted by Crippen LogP contribution is 2.24. The number of piperidine rings is 1. The minimum atomic E-state index is -3.20. The van der Waals surface area contributed by atoms with Crippen LogP contribution in [0.3, 0.4) is 0 Å². The smallest absolute Gasteiger partial charge is 0.255 e. The SMILES string of the molecule is CC(C)c1c(C(=O)NC2CCN(S(C)(=O)=O)CC2)cnn1-c1ccc(F)cc1. The number of carbonyl (C=O) groups excluding carboxylic acids is 1. The molecule has 0 aliphatic carbocycles. The molecule has 1 aliphatic heterocycles. The van der Waals surface area contributed by atoms with Crippen LogP contribution in [-0.2, 0) is 10.0 Å². The maximum absolute atomic E-state index is 13.2. The second-order valence-electron chi connectivity index (χ2n) is 7.40. The third-order valence-electron chi connectivity index (χ3n) is 4.93. The van der Waals surface area contributed by atoms with Crippen molar-refractivity contribution in [2.45, 2.75) is 38.6 Å². The lowest BCUT2D eigenvalue weighted by atomic mass is 10.0. The molecule has 1 amide bonds. The number of rotatable bonds is 5. The largest absolute Gasteiger partial charge is 0.349 e. The van der Waals surface area contributed by atoms with Crippen molar-refractivity contribution in [3.8, 4) is 5.69 Å². The van der Waals surface area contributed by atoms with Crippen molar-refractivity contribution in [1.82, 2.24) is 19.4 Å². The molecule has 28 heavy (non-hydrogen) atoms. The topological polar surface area (TPSA) is 84.3 Å². The van der Waals surface area contributed by atoms with E-state index in [1.54, 1.807) is 16.8 Å². The van der Waals surface area contributed by atoms with Gasteiger partial charge in [0.25, 0.3) is 5.91 Å². The molecule has 1 saturated heterocycles. The number of carbonyl (C=O) groups is 1. The Morgan fingerprint density at radius 2 is 1.82 bits per heavy atom. The van der Waals surface area contributed by atoms with E-state index in [9.17, 15) is 17.6 Å². The van der Waals surface area contributed by atoms with Gasteiger partial charge in [-0.05, 0) is 43.0 Å². The van der Waals surface area contributed by atoms with Crippen molar-refractivity contribution in [3.63, 3.8) is 0 Å². The quantitative estimate of drug-likeness (QED) is 0.823. The summed E-state index contributed by atoms with van der Waals surface area (Å²) in [7, 11) is -3.20. The lowest BCUT2D eigenvalue weighted by Gasteiger charge is -2.30. The molecule has 1 N–H and O–H groups in total. The monoisotopic (exact) mass is 408 g/mol. The summed E-state index contributed by atoms with van der Waals surface area (Å²) in [4.78, 5) is 12.9. The van der Waals surface area contributed by atoms with E-state index in [1.165, 1.54) is 28.9 Å². The molecule has 3 rings (SSSR count). The van der Waals surface area contributed by atoms with Crippen LogP contribution in [0.4, 0.5) is 4.39 Å². The molecular formula is C19H25FN4O3S. The highest BCUT2D eigenvalue weighted by molar-refractivity contribution is 7.88. The molecule has 0 radical (unpaired) electrons. The van der Waals surface area contributed by atoms with Crippen molar-refractivity contribution in [3.05, 3.63) is 47.5 Å². The Labute approximate surface area is 164 Å². The molecule has 152 valence electrons. The maximum Gasteiger partial charge on any atom is 0.255 e. The van der Waals surface area contributed by atoms with Crippen molar-refractivity contribution >= 4 is 15.9 Å². The molecule has 0 spiro atoms. The molecule has 0 atom stereocenters. The van der Waals surface area contributed by atoms with Crippen molar-refractivity contribution < 1.29 is 17.6 Å². The van der Waals surface area contributed by atoms with Crippen LogP contribution in [0.15, 0.2) is 30.5 Å². The zero-order valence-electron chi connectivity index (χ0n) is 16.2. The van der Waals surface area contributed by atoms with Crippen molar-refractivity contribution in [1.29, 1.82) is 0 Å². The third kappa shape index (κ3) is 4.41. The van der Waals surface area contributed by atoms with E-state index >= 15 is 0 Å². The van der Waals surface area contributed by atoms with Gasteiger partial charge in [-0.25, -0.2) is 21.8 Å². The van der Waals surface area contributed by atoms with Gasteiger partial charge in [0, 0.05) is 19.1 Å². The molecule has 0 saturated carbocycles. The summed E-state index contributed by atoms with van der Waals surface area (Å²) in [5.74, 6) is -0.532. The standard InChI is InChI=1S/C19H25FN4O3S/c1-13(2)18-17(12-21-24(18)16-6-4-14(20)5-7-16)19(25)22-15-8-10-23(11-9-15)28(3,26)27/h4-7,12-13,15H,8-11H2,1-3H3,(H,22,25). The molecule has 2 heterocycles. The van der Waals surface area contributed by atoms with E-state index in [2.05, 4.69) is 10.4 Å².